The average Bonchev–Trinajstić information content (AvgIpc) is 3.14. The summed E-state index contributed by atoms with van der Waals surface area (Å²) >= 11 is 0. The molecule has 0 aliphatic carbocycles. The van der Waals surface area contributed by atoms with Crippen LogP contribution in [-0.2, 0) is 13.6 Å². The van der Waals surface area contributed by atoms with Crippen LogP contribution >= 0.6 is 0 Å². The molecule has 0 atom stereocenters. The van der Waals surface area contributed by atoms with E-state index in [1.54, 1.807) is 22.8 Å². The van der Waals surface area contributed by atoms with Crippen LogP contribution in [0.2, 0.25) is 0 Å². The van der Waals surface area contributed by atoms with Crippen LogP contribution in [0.3, 0.4) is 0 Å². The zero-order valence-electron chi connectivity index (χ0n) is 21.0. The van der Waals surface area contributed by atoms with Crippen molar-refractivity contribution in [3.63, 3.8) is 0 Å². The maximum atomic E-state index is 14.0. The van der Waals surface area contributed by atoms with E-state index < -0.39 is 11.2 Å². The minimum atomic E-state index is -0.485. The van der Waals surface area contributed by atoms with E-state index in [1.807, 2.05) is 74.9 Å². The van der Waals surface area contributed by atoms with Crippen molar-refractivity contribution in [1.82, 2.24) is 23.1 Å². The van der Waals surface area contributed by atoms with Gasteiger partial charge < -0.3 is 4.57 Å². The summed E-state index contributed by atoms with van der Waals surface area (Å²) in [5.74, 6) is 0. The molecule has 184 valence electrons. The number of hydrogen-bond donors (Lipinski definition) is 0. The summed E-state index contributed by atoms with van der Waals surface area (Å²) in [5.41, 5.74) is 4.94. The summed E-state index contributed by atoms with van der Waals surface area (Å²) in [6, 6.07) is 20.1. The summed E-state index contributed by atoms with van der Waals surface area (Å²) in [4.78, 5) is 45.5. The van der Waals surface area contributed by atoms with Gasteiger partial charge in [0, 0.05) is 24.2 Å². The Morgan fingerprint density at radius 3 is 2.30 bits per heavy atom. The van der Waals surface area contributed by atoms with E-state index in [9.17, 15) is 14.4 Å². The van der Waals surface area contributed by atoms with Gasteiger partial charge in [-0.3, -0.25) is 18.6 Å². The van der Waals surface area contributed by atoms with Gasteiger partial charge in [-0.05, 0) is 57.2 Å². The maximum Gasteiger partial charge on any atom is 0.336 e. The average molecular weight is 492 g/mol. The largest absolute Gasteiger partial charge is 0.338 e. The van der Waals surface area contributed by atoms with Gasteiger partial charge in [0.2, 0.25) is 0 Å². The van der Waals surface area contributed by atoms with Gasteiger partial charge in [0.05, 0.1) is 29.0 Å². The molecule has 0 saturated carbocycles. The number of benzene rings is 2. The number of rotatable bonds is 3. The van der Waals surface area contributed by atoms with Gasteiger partial charge in [0.25, 0.3) is 11.1 Å². The SMILES string of the molecule is Cc1ccc(-n2c(=O)c3c(c4cc(C)ccc4n3C)n(Cc3cc(=O)n4c(C)cccc4n3)c2=O)cc1. The Labute approximate surface area is 211 Å². The van der Waals surface area contributed by atoms with Crippen molar-refractivity contribution in [2.45, 2.75) is 27.3 Å². The predicted molar refractivity (Wildman–Crippen MR) is 145 cm³/mol. The molecule has 0 aliphatic rings. The Morgan fingerprint density at radius 2 is 1.54 bits per heavy atom. The van der Waals surface area contributed by atoms with Crippen molar-refractivity contribution in [2.24, 2.45) is 7.05 Å². The third-order valence-corrected chi connectivity index (χ3v) is 6.97. The molecule has 8 heteroatoms. The third kappa shape index (κ3) is 3.44. The highest BCUT2D eigenvalue weighted by Crippen LogP contribution is 2.27. The standard InChI is InChI=1S/C29H25N5O3/c1-17-8-11-21(12-9-17)34-28(36)27-26(22-14-18(2)10-13-23(22)31(27)4)32(29(34)37)16-20-15-25(35)33-19(3)6-5-7-24(33)30-20/h5-15H,16H2,1-4H3. The molecule has 0 radical (unpaired) electrons. The van der Waals surface area contributed by atoms with Gasteiger partial charge in [-0.2, -0.15) is 0 Å². The van der Waals surface area contributed by atoms with Gasteiger partial charge in [0.1, 0.15) is 11.2 Å². The van der Waals surface area contributed by atoms with Crippen molar-refractivity contribution in [3.05, 3.63) is 120 Å². The van der Waals surface area contributed by atoms with Crippen LogP contribution in [-0.4, -0.2) is 23.1 Å². The highest BCUT2D eigenvalue weighted by atomic mass is 16.2. The minimum absolute atomic E-state index is 0.0359. The summed E-state index contributed by atoms with van der Waals surface area (Å²) in [5, 5.41) is 0.802. The molecule has 0 saturated heterocycles. The molecular formula is C29H25N5O3. The van der Waals surface area contributed by atoms with Crippen LogP contribution in [0.15, 0.2) is 81.1 Å². The fraction of sp³-hybridized carbons (Fsp3) is 0.172. The highest BCUT2D eigenvalue weighted by molar-refractivity contribution is 6.06. The second-order valence-electron chi connectivity index (χ2n) is 9.57. The Hall–Kier alpha value is -4.72. The number of hydrogen-bond acceptors (Lipinski definition) is 4. The first kappa shape index (κ1) is 22.7. The third-order valence-electron chi connectivity index (χ3n) is 6.97. The molecule has 4 heterocycles. The van der Waals surface area contributed by atoms with Gasteiger partial charge in [-0.15, -0.1) is 0 Å². The molecule has 0 N–H and O–H groups in total. The van der Waals surface area contributed by atoms with Crippen molar-refractivity contribution < 1.29 is 0 Å². The lowest BCUT2D eigenvalue weighted by molar-refractivity contribution is 0.698. The molecule has 0 unspecified atom stereocenters. The first-order valence-corrected chi connectivity index (χ1v) is 12.0. The summed E-state index contributed by atoms with van der Waals surface area (Å²) < 4.78 is 6.13. The maximum absolute atomic E-state index is 14.0. The van der Waals surface area contributed by atoms with Crippen molar-refractivity contribution in [2.75, 3.05) is 0 Å². The molecule has 4 aromatic heterocycles. The summed E-state index contributed by atoms with van der Waals surface area (Å²) in [7, 11) is 1.83. The van der Waals surface area contributed by atoms with Gasteiger partial charge in [-0.25, -0.2) is 14.3 Å². The number of pyridine rings is 1. The van der Waals surface area contributed by atoms with Crippen LogP contribution in [0, 0.1) is 20.8 Å². The molecule has 0 amide bonds. The van der Waals surface area contributed by atoms with E-state index in [2.05, 4.69) is 0 Å². The van der Waals surface area contributed by atoms with E-state index in [0.717, 1.165) is 27.7 Å². The number of fused-ring (bicyclic) bond motifs is 4. The van der Waals surface area contributed by atoms with Crippen LogP contribution < -0.4 is 16.8 Å². The molecule has 0 bridgehead atoms. The molecule has 2 aromatic carbocycles. The lowest BCUT2D eigenvalue weighted by Crippen LogP contribution is -2.39. The quantitative estimate of drug-likeness (QED) is 0.379. The first-order chi connectivity index (χ1) is 17.7. The smallest absolute Gasteiger partial charge is 0.336 e. The molecule has 6 aromatic rings. The zero-order valence-corrected chi connectivity index (χ0v) is 21.0. The lowest BCUT2D eigenvalue weighted by atomic mass is 10.1. The molecule has 0 spiro atoms. The second kappa shape index (κ2) is 8.16. The van der Waals surface area contributed by atoms with E-state index in [-0.39, 0.29) is 12.1 Å². The Morgan fingerprint density at radius 1 is 0.811 bits per heavy atom. The fourth-order valence-electron chi connectivity index (χ4n) is 5.14. The monoisotopic (exact) mass is 491 g/mol. The van der Waals surface area contributed by atoms with Gasteiger partial charge in [0.15, 0.2) is 0 Å². The van der Waals surface area contributed by atoms with E-state index in [0.29, 0.717) is 28.1 Å². The Bertz CT molecular complexity index is 2060. The van der Waals surface area contributed by atoms with E-state index >= 15 is 0 Å². The Kier molecular flexibility index (Phi) is 5.01. The summed E-state index contributed by atoms with van der Waals surface area (Å²) in [6.07, 6.45) is 0. The van der Waals surface area contributed by atoms with Crippen LogP contribution in [0.25, 0.3) is 33.3 Å². The molecule has 0 fully saturated rings. The van der Waals surface area contributed by atoms with Gasteiger partial charge >= 0.3 is 5.69 Å². The predicted octanol–water partition coefficient (Wildman–Crippen LogP) is 3.63. The highest BCUT2D eigenvalue weighted by Gasteiger charge is 2.22. The van der Waals surface area contributed by atoms with E-state index in [1.165, 1.54) is 15.0 Å². The molecule has 37 heavy (non-hydrogen) atoms. The molecule has 0 aliphatic heterocycles. The van der Waals surface area contributed by atoms with Crippen molar-refractivity contribution in [1.29, 1.82) is 0 Å². The zero-order chi connectivity index (χ0) is 26.0. The molecular weight excluding hydrogens is 466 g/mol. The van der Waals surface area contributed by atoms with Crippen LogP contribution in [0.1, 0.15) is 22.5 Å². The summed E-state index contributed by atoms with van der Waals surface area (Å²) in [6.45, 7) is 5.81. The minimum Gasteiger partial charge on any atom is -0.338 e. The van der Waals surface area contributed by atoms with Crippen LogP contribution in [0.4, 0.5) is 0 Å². The van der Waals surface area contributed by atoms with E-state index in [4.69, 9.17) is 4.98 Å². The normalized spacial score (nSPS) is 11.7. The lowest BCUT2D eigenvalue weighted by Gasteiger charge is -2.14. The molecule has 8 nitrogen and oxygen atoms in total. The Balaban J connectivity index is 1.72. The fourth-order valence-corrected chi connectivity index (χ4v) is 5.14. The number of aromatic nitrogens is 5. The number of nitrogens with zero attached hydrogens (tertiary/aromatic N) is 5. The van der Waals surface area contributed by atoms with Crippen molar-refractivity contribution >= 4 is 27.6 Å². The number of aryl methyl sites for hydroxylation is 4. The first-order valence-electron chi connectivity index (χ1n) is 12.0. The topological polar surface area (TPSA) is 83.3 Å². The van der Waals surface area contributed by atoms with Crippen LogP contribution in [0.5, 0.6) is 0 Å². The van der Waals surface area contributed by atoms with Crippen molar-refractivity contribution in [3.8, 4) is 5.69 Å². The molecule has 6 rings (SSSR count). The second-order valence-corrected chi connectivity index (χ2v) is 9.57. The van der Waals surface area contributed by atoms with Gasteiger partial charge in [-0.1, -0.05) is 35.4 Å².